The molecule has 0 bridgehead atoms. The molecule has 0 spiro atoms. The molecule has 1 aliphatic rings. The van der Waals surface area contributed by atoms with E-state index in [1.165, 1.54) is 0 Å². The first-order valence-corrected chi connectivity index (χ1v) is 6.28. The van der Waals surface area contributed by atoms with Gasteiger partial charge in [-0.1, -0.05) is 6.07 Å². The topological polar surface area (TPSA) is 16.1 Å². The summed E-state index contributed by atoms with van der Waals surface area (Å²) >= 11 is 8.58. The molecule has 1 aliphatic heterocycles. The zero-order valence-corrected chi connectivity index (χ0v) is 10.6. The van der Waals surface area contributed by atoms with E-state index >= 15 is 0 Å². The molecule has 1 aromatic rings. The lowest BCUT2D eigenvalue weighted by atomic mass is 10.4. The second kappa shape index (κ2) is 4.02. The van der Waals surface area contributed by atoms with Gasteiger partial charge in [-0.3, -0.25) is 0 Å². The minimum atomic E-state index is 0.863. The van der Waals surface area contributed by atoms with Gasteiger partial charge in [0.2, 0.25) is 0 Å². The number of halogens is 2. The van der Waals surface area contributed by atoms with Crippen LogP contribution in [0.15, 0.2) is 32.8 Å². The van der Waals surface area contributed by atoms with Gasteiger partial charge in [0.25, 0.3) is 0 Å². The summed E-state index contributed by atoms with van der Waals surface area (Å²) in [5, 5.41) is 2.07. The molecule has 0 fully saturated rings. The van der Waals surface area contributed by atoms with Crippen molar-refractivity contribution in [1.29, 1.82) is 0 Å². The molecule has 2 nitrogen and oxygen atoms in total. The average Bonchev–Trinajstić information content (AvgIpc) is 2.51. The number of thioether (sulfide) groups is 1. The molecular weight excluding hydrogens is 316 g/mol. The quantitative estimate of drug-likeness (QED) is 0.581. The summed E-state index contributed by atoms with van der Waals surface area (Å²) < 4.78 is 1.94. The first kappa shape index (κ1) is 9.55. The molecule has 0 amide bonds. The SMILES string of the molecule is BrC1=CSCN1c1cccc(Br)n1. The van der Waals surface area contributed by atoms with Crippen molar-refractivity contribution in [3.8, 4) is 0 Å². The molecule has 0 radical (unpaired) electrons. The van der Waals surface area contributed by atoms with Crippen LogP contribution in [0.2, 0.25) is 0 Å². The molecule has 0 saturated carbocycles. The molecule has 0 aromatic carbocycles. The fourth-order valence-electron chi connectivity index (χ4n) is 1.03. The predicted molar refractivity (Wildman–Crippen MR) is 63.9 cm³/mol. The highest BCUT2D eigenvalue weighted by molar-refractivity contribution is 9.12. The molecular formula is C8H6Br2N2S. The Balaban J connectivity index is 2.30. The van der Waals surface area contributed by atoms with Gasteiger partial charge in [0.1, 0.15) is 10.4 Å². The molecule has 0 N–H and O–H groups in total. The maximum Gasteiger partial charge on any atom is 0.135 e. The predicted octanol–water partition coefficient (Wildman–Crippen LogP) is 3.55. The van der Waals surface area contributed by atoms with E-state index in [1.54, 1.807) is 11.8 Å². The highest BCUT2D eigenvalue weighted by Crippen LogP contribution is 2.31. The highest BCUT2D eigenvalue weighted by atomic mass is 79.9. The molecule has 0 aliphatic carbocycles. The van der Waals surface area contributed by atoms with E-state index < -0.39 is 0 Å². The fourth-order valence-corrected chi connectivity index (χ4v) is 2.99. The van der Waals surface area contributed by atoms with Crippen molar-refractivity contribution in [2.24, 2.45) is 0 Å². The Morgan fingerprint density at radius 3 is 2.85 bits per heavy atom. The minimum absolute atomic E-state index is 0.863. The van der Waals surface area contributed by atoms with Crippen LogP contribution in [-0.2, 0) is 0 Å². The number of anilines is 1. The van der Waals surface area contributed by atoms with Gasteiger partial charge in [-0.25, -0.2) is 4.98 Å². The van der Waals surface area contributed by atoms with Crippen molar-refractivity contribution in [3.63, 3.8) is 0 Å². The molecule has 5 heteroatoms. The number of aromatic nitrogens is 1. The third kappa shape index (κ3) is 2.08. The van der Waals surface area contributed by atoms with Crippen molar-refractivity contribution in [1.82, 2.24) is 4.98 Å². The minimum Gasteiger partial charge on any atom is -0.310 e. The van der Waals surface area contributed by atoms with Crippen LogP contribution in [-0.4, -0.2) is 10.9 Å². The average molecular weight is 322 g/mol. The van der Waals surface area contributed by atoms with Gasteiger partial charge in [0, 0.05) is 5.41 Å². The summed E-state index contributed by atoms with van der Waals surface area (Å²) in [6, 6.07) is 5.89. The van der Waals surface area contributed by atoms with Gasteiger partial charge in [-0.2, -0.15) is 0 Å². The van der Waals surface area contributed by atoms with E-state index in [0.29, 0.717) is 0 Å². The van der Waals surface area contributed by atoms with E-state index in [-0.39, 0.29) is 0 Å². The molecule has 2 heterocycles. The van der Waals surface area contributed by atoms with E-state index in [9.17, 15) is 0 Å². The number of nitrogens with zero attached hydrogens (tertiary/aromatic N) is 2. The summed E-state index contributed by atoms with van der Waals surface area (Å²) in [7, 11) is 0. The third-order valence-electron chi connectivity index (χ3n) is 1.62. The Morgan fingerprint density at radius 1 is 1.38 bits per heavy atom. The van der Waals surface area contributed by atoms with Gasteiger partial charge < -0.3 is 4.90 Å². The maximum absolute atomic E-state index is 4.36. The van der Waals surface area contributed by atoms with E-state index in [1.807, 2.05) is 18.2 Å². The standard InChI is InChI=1S/C8H6Br2N2S/c9-6-2-1-3-8(11-6)12-5-13-4-7(12)10/h1-4H,5H2. The molecule has 2 rings (SSSR count). The Bertz CT molecular complexity index is 354. The van der Waals surface area contributed by atoms with Crippen LogP contribution in [0.25, 0.3) is 0 Å². The van der Waals surface area contributed by atoms with Crippen molar-refractivity contribution in [2.45, 2.75) is 0 Å². The van der Waals surface area contributed by atoms with Gasteiger partial charge in [0.05, 0.1) is 10.5 Å². The van der Waals surface area contributed by atoms with Crippen LogP contribution in [0.5, 0.6) is 0 Å². The molecule has 13 heavy (non-hydrogen) atoms. The van der Waals surface area contributed by atoms with Crippen LogP contribution >= 0.6 is 43.6 Å². The molecule has 68 valence electrons. The van der Waals surface area contributed by atoms with Crippen molar-refractivity contribution in [2.75, 3.05) is 10.8 Å². The first-order valence-electron chi connectivity index (χ1n) is 3.65. The first-order chi connectivity index (χ1) is 6.27. The maximum atomic E-state index is 4.36. The zero-order valence-electron chi connectivity index (χ0n) is 6.58. The second-order valence-electron chi connectivity index (χ2n) is 2.48. The van der Waals surface area contributed by atoms with E-state index in [4.69, 9.17) is 0 Å². The summed E-state index contributed by atoms with van der Waals surface area (Å²) in [6.07, 6.45) is 0. The number of hydrogen-bond donors (Lipinski definition) is 0. The summed E-state index contributed by atoms with van der Waals surface area (Å²) in [5.74, 6) is 1.88. The van der Waals surface area contributed by atoms with Gasteiger partial charge in [-0.05, 0) is 44.0 Å². The summed E-state index contributed by atoms with van der Waals surface area (Å²) in [5.41, 5.74) is 0. The largest absolute Gasteiger partial charge is 0.310 e. The Morgan fingerprint density at radius 2 is 2.23 bits per heavy atom. The van der Waals surface area contributed by atoms with Crippen molar-refractivity contribution in [3.05, 3.63) is 32.8 Å². The number of hydrogen-bond acceptors (Lipinski definition) is 3. The molecule has 0 atom stereocenters. The third-order valence-corrected chi connectivity index (χ3v) is 3.82. The number of pyridine rings is 1. The van der Waals surface area contributed by atoms with Gasteiger partial charge >= 0.3 is 0 Å². The van der Waals surface area contributed by atoms with Crippen LogP contribution in [0.4, 0.5) is 5.82 Å². The summed E-state index contributed by atoms with van der Waals surface area (Å²) in [6.45, 7) is 0. The molecule has 0 saturated heterocycles. The van der Waals surface area contributed by atoms with Crippen LogP contribution < -0.4 is 4.90 Å². The Kier molecular flexibility index (Phi) is 2.96. The normalized spacial score (nSPS) is 16.2. The highest BCUT2D eigenvalue weighted by Gasteiger charge is 2.15. The van der Waals surface area contributed by atoms with E-state index in [2.05, 4.69) is 47.2 Å². The fraction of sp³-hybridized carbons (Fsp3) is 0.125. The number of rotatable bonds is 1. The second-order valence-corrected chi connectivity index (χ2v) is 4.94. The Labute approximate surface area is 97.7 Å². The Hall–Kier alpha value is -0.000000000000000111. The monoisotopic (exact) mass is 320 g/mol. The van der Waals surface area contributed by atoms with Crippen LogP contribution in [0.3, 0.4) is 0 Å². The smallest absolute Gasteiger partial charge is 0.135 e. The molecule has 1 aromatic heterocycles. The lowest BCUT2D eigenvalue weighted by Crippen LogP contribution is -2.15. The van der Waals surface area contributed by atoms with Gasteiger partial charge in [0.15, 0.2) is 0 Å². The van der Waals surface area contributed by atoms with Crippen molar-refractivity contribution >= 4 is 49.4 Å². The van der Waals surface area contributed by atoms with Crippen molar-refractivity contribution < 1.29 is 0 Å². The molecule has 0 unspecified atom stereocenters. The lowest BCUT2D eigenvalue weighted by Gasteiger charge is -2.16. The lowest BCUT2D eigenvalue weighted by molar-refractivity contribution is 1.09. The summed E-state index contributed by atoms with van der Waals surface area (Å²) in [4.78, 5) is 6.47. The van der Waals surface area contributed by atoms with Crippen LogP contribution in [0.1, 0.15) is 0 Å². The van der Waals surface area contributed by atoms with E-state index in [0.717, 1.165) is 20.9 Å². The zero-order chi connectivity index (χ0) is 9.26. The van der Waals surface area contributed by atoms with Crippen LogP contribution in [0, 0.1) is 0 Å². The van der Waals surface area contributed by atoms with Gasteiger partial charge in [-0.15, -0.1) is 11.8 Å².